The van der Waals surface area contributed by atoms with Crippen molar-refractivity contribution in [2.75, 3.05) is 0 Å². The number of alkyl halides is 3. The van der Waals surface area contributed by atoms with Crippen molar-refractivity contribution in [1.82, 2.24) is 14.8 Å². The molecule has 1 heterocycles. The number of hydrogen-bond acceptors (Lipinski definition) is 2. The molecule has 0 aliphatic carbocycles. The van der Waals surface area contributed by atoms with Crippen molar-refractivity contribution >= 4 is 28.1 Å². The minimum Gasteiger partial charge on any atom is -0.272 e. The van der Waals surface area contributed by atoms with Crippen LogP contribution in [-0.2, 0) is 12.6 Å². The van der Waals surface area contributed by atoms with Gasteiger partial charge < -0.3 is 0 Å². The van der Waals surface area contributed by atoms with Gasteiger partial charge in [-0.25, -0.2) is 0 Å². The molecule has 1 N–H and O–H groups in total. The molecule has 2 rings (SSSR count). The summed E-state index contributed by atoms with van der Waals surface area (Å²) in [4.78, 5) is 0. The molecule has 0 aliphatic heterocycles. The topological polar surface area (TPSA) is 33.6 Å². The molecule has 2 aromatic rings. The van der Waals surface area contributed by atoms with Crippen molar-refractivity contribution < 1.29 is 13.2 Å². The quantitative estimate of drug-likeness (QED) is 0.819. The second-order valence-electron chi connectivity index (χ2n) is 3.79. The molecule has 0 unspecified atom stereocenters. The minimum absolute atomic E-state index is 0.0219. The summed E-state index contributed by atoms with van der Waals surface area (Å²) in [7, 11) is 0. The lowest BCUT2D eigenvalue weighted by atomic mass is 10.1. The van der Waals surface area contributed by atoms with Gasteiger partial charge in [0.25, 0.3) is 0 Å². The number of benzene rings is 1. The third kappa shape index (κ3) is 2.74. The van der Waals surface area contributed by atoms with Gasteiger partial charge in [-0.2, -0.15) is 18.3 Å². The highest BCUT2D eigenvalue weighted by molar-refractivity contribution is 9.10. The van der Waals surface area contributed by atoms with Gasteiger partial charge in [-0.1, -0.05) is 22.9 Å². The molecule has 0 atom stereocenters. The van der Waals surface area contributed by atoms with Crippen molar-refractivity contribution in [3.63, 3.8) is 0 Å². The zero-order chi connectivity index (χ0) is 14.2. The second kappa shape index (κ2) is 5.09. The standard InChI is InChI=1S/C11H9BrF3N3S/c1-2-9-16-17-10(19)18(9)8-4-3-6(12)5-7(8)11(13,14)15/h3-5H,2H2,1H3,(H,17,19). The highest BCUT2D eigenvalue weighted by atomic mass is 79.9. The Morgan fingerprint density at radius 1 is 1.42 bits per heavy atom. The zero-order valence-corrected chi connectivity index (χ0v) is 12.2. The Labute approximate surface area is 120 Å². The van der Waals surface area contributed by atoms with Crippen LogP contribution in [0.3, 0.4) is 0 Å². The Bertz CT molecular complexity index is 660. The Morgan fingerprint density at radius 2 is 2.11 bits per heavy atom. The number of nitrogens with one attached hydrogen (secondary N) is 1. The summed E-state index contributed by atoms with van der Waals surface area (Å²) in [6.07, 6.45) is -3.99. The predicted octanol–water partition coefficient (Wildman–Crippen LogP) is 4.27. The fourth-order valence-corrected chi connectivity index (χ4v) is 2.36. The monoisotopic (exact) mass is 351 g/mol. The van der Waals surface area contributed by atoms with Crippen molar-refractivity contribution in [3.8, 4) is 5.69 Å². The lowest BCUT2D eigenvalue weighted by Gasteiger charge is -2.14. The Balaban J connectivity index is 2.76. The molecular formula is C11H9BrF3N3S. The molecule has 0 aliphatic rings. The first-order chi connectivity index (χ1) is 8.84. The number of hydrogen-bond donors (Lipinski definition) is 1. The van der Waals surface area contributed by atoms with Crippen LogP contribution < -0.4 is 0 Å². The molecule has 0 radical (unpaired) electrons. The van der Waals surface area contributed by atoms with Crippen molar-refractivity contribution in [3.05, 3.63) is 38.8 Å². The van der Waals surface area contributed by atoms with Gasteiger partial charge in [0.05, 0.1) is 11.3 Å². The lowest BCUT2D eigenvalue weighted by molar-refractivity contribution is -0.137. The minimum atomic E-state index is -4.46. The van der Waals surface area contributed by atoms with Crippen LogP contribution in [0.4, 0.5) is 13.2 Å². The maximum absolute atomic E-state index is 13.1. The van der Waals surface area contributed by atoms with Gasteiger partial charge in [-0.3, -0.25) is 9.67 Å². The van der Waals surface area contributed by atoms with E-state index in [-0.39, 0.29) is 10.5 Å². The SMILES string of the molecule is CCc1n[nH]c(=S)n1-c1ccc(Br)cc1C(F)(F)F. The normalized spacial score (nSPS) is 11.8. The first kappa shape index (κ1) is 14.3. The third-order valence-electron chi connectivity index (χ3n) is 2.56. The summed E-state index contributed by atoms with van der Waals surface area (Å²) in [5.41, 5.74) is -0.777. The summed E-state index contributed by atoms with van der Waals surface area (Å²) in [6, 6.07) is 3.94. The van der Waals surface area contributed by atoms with Gasteiger partial charge in [0.15, 0.2) is 4.77 Å². The number of aryl methyl sites for hydroxylation is 1. The summed E-state index contributed by atoms with van der Waals surface area (Å²) >= 11 is 8.05. The van der Waals surface area contributed by atoms with Crippen LogP contribution in [0, 0.1) is 4.77 Å². The molecule has 1 aromatic carbocycles. The number of aromatic nitrogens is 3. The lowest BCUT2D eigenvalue weighted by Crippen LogP contribution is -2.12. The fraction of sp³-hybridized carbons (Fsp3) is 0.273. The highest BCUT2D eigenvalue weighted by Gasteiger charge is 2.34. The third-order valence-corrected chi connectivity index (χ3v) is 3.33. The number of rotatable bonds is 2. The molecule has 0 fully saturated rings. The van der Waals surface area contributed by atoms with Gasteiger partial charge in [0.2, 0.25) is 0 Å². The Hall–Kier alpha value is -1.15. The Kier molecular flexibility index (Phi) is 3.82. The number of aromatic amines is 1. The Morgan fingerprint density at radius 3 is 2.68 bits per heavy atom. The second-order valence-corrected chi connectivity index (χ2v) is 5.10. The van der Waals surface area contributed by atoms with E-state index >= 15 is 0 Å². The molecule has 0 saturated carbocycles. The molecule has 0 amide bonds. The van der Waals surface area contributed by atoms with Gasteiger partial charge in [-0.05, 0) is 30.4 Å². The van der Waals surface area contributed by atoms with Gasteiger partial charge in [0.1, 0.15) is 5.82 Å². The van der Waals surface area contributed by atoms with Crippen LogP contribution in [0.1, 0.15) is 18.3 Å². The number of H-pyrrole nitrogens is 1. The van der Waals surface area contributed by atoms with E-state index in [0.717, 1.165) is 6.07 Å². The summed E-state index contributed by atoms with van der Waals surface area (Å²) in [5, 5.41) is 6.44. The average Bonchev–Trinajstić information content (AvgIpc) is 2.69. The number of halogens is 4. The van der Waals surface area contributed by atoms with Crippen LogP contribution >= 0.6 is 28.1 Å². The summed E-state index contributed by atoms with van der Waals surface area (Å²) in [6.45, 7) is 1.80. The molecule has 0 saturated heterocycles. The van der Waals surface area contributed by atoms with Crippen LogP contribution in [0.25, 0.3) is 5.69 Å². The molecule has 3 nitrogen and oxygen atoms in total. The molecule has 102 valence electrons. The van der Waals surface area contributed by atoms with E-state index in [0.29, 0.717) is 16.7 Å². The zero-order valence-electron chi connectivity index (χ0n) is 9.75. The average molecular weight is 352 g/mol. The summed E-state index contributed by atoms with van der Waals surface area (Å²) in [5.74, 6) is 0.456. The van der Waals surface area contributed by atoms with Crippen molar-refractivity contribution in [2.24, 2.45) is 0 Å². The highest BCUT2D eigenvalue weighted by Crippen LogP contribution is 2.36. The van der Waals surface area contributed by atoms with E-state index in [1.165, 1.54) is 10.6 Å². The fourth-order valence-electron chi connectivity index (χ4n) is 1.75. The van der Waals surface area contributed by atoms with Crippen LogP contribution in [0.2, 0.25) is 0 Å². The van der Waals surface area contributed by atoms with E-state index in [9.17, 15) is 13.2 Å². The van der Waals surface area contributed by atoms with E-state index in [2.05, 4.69) is 26.1 Å². The van der Waals surface area contributed by atoms with Crippen LogP contribution in [0.15, 0.2) is 22.7 Å². The molecular weight excluding hydrogens is 343 g/mol. The largest absolute Gasteiger partial charge is 0.418 e. The van der Waals surface area contributed by atoms with Crippen LogP contribution in [0.5, 0.6) is 0 Å². The molecule has 0 bridgehead atoms. The van der Waals surface area contributed by atoms with Crippen molar-refractivity contribution in [1.29, 1.82) is 0 Å². The van der Waals surface area contributed by atoms with E-state index in [1.54, 1.807) is 13.0 Å². The van der Waals surface area contributed by atoms with E-state index < -0.39 is 11.7 Å². The molecule has 0 spiro atoms. The predicted molar refractivity (Wildman–Crippen MR) is 70.8 cm³/mol. The van der Waals surface area contributed by atoms with Gasteiger partial charge in [0, 0.05) is 10.9 Å². The van der Waals surface area contributed by atoms with Crippen molar-refractivity contribution in [2.45, 2.75) is 19.5 Å². The van der Waals surface area contributed by atoms with E-state index in [4.69, 9.17) is 12.2 Å². The maximum Gasteiger partial charge on any atom is 0.418 e. The maximum atomic E-state index is 13.1. The first-order valence-electron chi connectivity index (χ1n) is 5.38. The van der Waals surface area contributed by atoms with Gasteiger partial charge in [-0.15, -0.1) is 0 Å². The molecule has 8 heteroatoms. The first-order valence-corrected chi connectivity index (χ1v) is 6.58. The van der Waals surface area contributed by atoms with E-state index in [1.807, 2.05) is 0 Å². The summed E-state index contributed by atoms with van der Waals surface area (Å²) < 4.78 is 41.1. The molecule has 19 heavy (non-hydrogen) atoms. The molecule has 1 aromatic heterocycles. The number of nitrogens with zero attached hydrogens (tertiary/aromatic N) is 2. The van der Waals surface area contributed by atoms with Crippen LogP contribution in [-0.4, -0.2) is 14.8 Å². The smallest absolute Gasteiger partial charge is 0.272 e. The van der Waals surface area contributed by atoms with Gasteiger partial charge >= 0.3 is 6.18 Å².